The van der Waals surface area contributed by atoms with Crippen molar-refractivity contribution in [2.24, 2.45) is 11.8 Å². The van der Waals surface area contributed by atoms with Gasteiger partial charge in [-0.15, -0.1) is 0 Å². The first-order valence-corrected chi connectivity index (χ1v) is 4.84. The van der Waals surface area contributed by atoms with Crippen molar-refractivity contribution in [2.45, 2.75) is 44.6 Å². The fourth-order valence-electron chi connectivity index (χ4n) is 2.83. The molecule has 2 fully saturated rings. The summed E-state index contributed by atoms with van der Waals surface area (Å²) in [6.45, 7) is 1.86. The van der Waals surface area contributed by atoms with Crippen LogP contribution < -0.4 is 0 Å². The Morgan fingerprint density at radius 3 is 2.92 bits per heavy atom. The molecule has 0 bridgehead atoms. The number of ketones is 1. The van der Waals surface area contributed by atoms with Crippen LogP contribution in [0.5, 0.6) is 0 Å². The predicted octanol–water partition coefficient (Wildman–Crippen LogP) is 1.52. The van der Waals surface area contributed by atoms with E-state index in [1.54, 1.807) is 0 Å². The first kappa shape index (κ1) is 8.24. The number of hydrogen-bond acceptors (Lipinski definition) is 2. The second kappa shape index (κ2) is 2.56. The third-order valence-electron chi connectivity index (χ3n) is 3.34. The quantitative estimate of drug-likeness (QED) is 0.595. The summed E-state index contributed by atoms with van der Waals surface area (Å²) < 4.78 is 0. The van der Waals surface area contributed by atoms with E-state index in [2.05, 4.69) is 0 Å². The van der Waals surface area contributed by atoms with Crippen LogP contribution in [-0.4, -0.2) is 16.5 Å². The van der Waals surface area contributed by atoms with Crippen molar-refractivity contribution in [3.8, 4) is 0 Å². The topological polar surface area (TPSA) is 37.3 Å². The lowest BCUT2D eigenvalue weighted by Gasteiger charge is -2.22. The minimum Gasteiger partial charge on any atom is -0.390 e. The number of aliphatic hydroxyl groups is 1. The standard InChI is InChI=1S/C10H16O2/c1-10(12)5-7-3-2-4-9(11)8(7)6-10/h7-8,12H,2-6H2,1H3/t7-,8+,10?/m0/s1. The molecule has 3 atom stereocenters. The van der Waals surface area contributed by atoms with Crippen molar-refractivity contribution < 1.29 is 9.90 Å². The summed E-state index contributed by atoms with van der Waals surface area (Å²) in [4.78, 5) is 11.5. The lowest BCUT2D eigenvalue weighted by Crippen LogP contribution is -2.24. The molecule has 0 spiro atoms. The number of carbonyl (C=O) groups is 1. The van der Waals surface area contributed by atoms with Gasteiger partial charge in [0.2, 0.25) is 0 Å². The lowest BCUT2D eigenvalue weighted by atomic mass is 9.81. The SMILES string of the molecule is CC1(O)C[C@@H]2CCCC(=O)[C@@H]2C1. The van der Waals surface area contributed by atoms with Gasteiger partial charge < -0.3 is 5.11 Å². The molecule has 0 aromatic carbocycles. The van der Waals surface area contributed by atoms with Crippen LogP contribution in [0.1, 0.15) is 39.0 Å². The maximum absolute atomic E-state index is 11.5. The molecular weight excluding hydrogens is 152 g/mol. The Balaban J connectivity index is 2.14. The third kappa shape index (κ3) is 1.28. The smallest absolute Gasteiger partial charge is 0.136 e. The number of rotatable bonds is 0. The highest BCUT2D eigenvalue weighted by Gasteiger charge is 2.45. The average Bonchev–Trinajstić information content (AvgIpc) is 2.25. The Morgan fingerprint density at radius 2 is 2.25 bits per heavy atom. The zero-order chi connectivity index (χ0) is 8.77. The molecule has 0 radical (unpaired) electrons. The van der Waals surface area contributed by atoms with E-state index in [-0.39, 0.29) is 5.92 Å². The van der Waals surface area contributed by atoms with Gasteiger partial charge in [0.05, 0.1) is 5.60 Å². The largest absolute Gasteiger partial charge is 0.390 e. The Kier molecular flexibility index (Phi) is 1.76. The summed E-state index contributed by atoms with van der Waals surface area (Å²) in [5.74, 6) is 1.07. The fraction of sp³-hybridized carbons (Fsp3) is 0.900. The molecule has 0 aliphatic heterocycles. The molecule has 2 heteroatoms. The number of carbonyl (C=O) groups excluding carboxylic acids is 1. The van der Waals surface area contributed by atoms with Gasteiger partial charge in [-0.1, -0.05) is 0 Å². The Labute approximate surface area is 73.0 Å². The van der Waals surface area contributed by atoms with Crippen molar-refractivity contribution in [1.29, 1.82) is 0 Å². The van der Waals surface area contributed by atoms with E-state index in [0.29, 0.717) is 18.1 Å². The summed E-state index contributed by atoms with van der Waals surface area (Å²) in [5.41, 5.74) is -0.560. The second-order valence-electron chi connectivity index (χ2n) is 4.63. The summed E-state index contributed by atoms with van der Waals surface area (Å²) in [7, 11) is 0. The van der Waals surface area contributed by atoms with Gasteiger partial charge in [-0.3, -0.25) is 4.79 Å². The summed E-state index contributed by atoms with van der Waals surface area (Å²) >= 11 is 0. The highest BCUT2D eigenvalue weighted by Crippen LogP contribution is 2.45. The third-order valence-corrected chi connectivity index (χ3v) is 3.34. The maximum Gasteiger partial charge on any atom is 0.136 e. The minimum atomic E-state index is -0.560. The molecule has 0 saturated heterocycles. The van der Waals surface area contributed by atoms with E-state index in [1.807, 2.05) is 6.92 Å². The Hall–Kier alpha value is -0.370. The first-order valence-electron chi connectivity index (χ1n) is 4.84. The Morgan fingerprint density at radius 1 is 1.50 bits per heavy atom. The van der Waals surface area contributed by atoms with Gasteiger partial charge in [-0.2, -0.15) is 0 Å². The fourth-order valence-corrected chi connectivity index (χ4v) is 2.83. The number of fused-ring (bicyclic) bond motifs is 1. The summed E-state index contributed by atoms with van der Waals surface area (Å²) in [6.07, 6.45) is 4.47. The van der Waals surface area contributed by atoms with Crippen molar-refractivity contribution in [1.82, 2.24) is 0 Å². The maximum atomic E-state index is 11.5. The monoisotopic (exact) mass is 168 g/mol. The van der Waals surface area contributed by atoms with Crippen LogP contribution in [0.25, 0.3) is 0 Å². The van der Waals surface area contributed by atoms with Crippen LogP contribution in [0.4, 0.5) is 0 Å². The van der Waals surface area contributed by atoms with Crippen LogP contribution in [-0.2, 0) is 4.79 Å². The van der Waals surface area contributed by atoms with Crippen molar-refractivity contribution in [3.05, 3.63) is 0 Å². The molecule has 1 N–H and O–H groups in total. The predicted molar refractivity (Wildman–Crippen MR) is 45.7 cm³/mol. The highest BCUT2D eigenvalue weighted by molar-refractivity contribution is 5.82. The lowest BCUT2D eigenvalue weighted by molar-refractivity contribution is -0.126. The van der Waals surface area contributed by atoms with Crippen LogP contribution >= 0.6 is 0 Å². The van der Waals surface area contributed by atoms with Crippen LogP contribution in [0.15, 0.2) is 0 Å². The molecule has 0 amide bonds. The van der Waals surface area contributed by atoms with Gasteiger partial charge in [0.25, 0.3) is 0 Å². The molecule has 2 aliphatic carbocycles. The first-order chi connectivity index (χ1) is 5.58. The van der Waals surface area contributed by atoms with Gasteiger partial charge in [0.1, 0.15) is 5.78 Å². The summed E-state index contributed by atoms with van der Waals surface area (Å²) in [5, 5.41) is 9.79. The van der Waals surface area contributed by atoms with Crippen molar-refractivity contribution in [3.63, 3.8) is 0 Å². The molecule has 0 heterocycles. The molecule has 2 nitrogen and oxygen atoms in total. The molecule has 68 valence electrons. The van der Waals surface area contributed by atoms with Crippen LogP contribution in [0.2, 0.25) is 0 Å². The molecule has 2 saturated carbocycles. The van der Waals surface area contributed by atoms with Gasteiger partial charge in [-0.25, -0.2) is 0 Å². The van der Waals surface area contributed by atoms with E-state index in [0.717, 1.165) is 25.7 Å². The van der Waals surface area contributed by atoms with Gasteiger partial charge >= 0.3 is 0 Å². The normalized spacial score (nSPS) is 47.7. The van der Waals surface area contributed by atoms with Crippen molar-refractivity contribution in [2.75, 3.05) is 0 Å². The van der Waals surface area contributed by atoms with Crippen molar-refractivity contribution >= 4 is 5.78 Å². The molecule has 0 aromatic rings. The van der Waals surface area contributed by atoms with E-state index >= 15 is 0 Å². The highest BCUT2D eigenvalue weighted by atomic mass is 16.3. The second-order valence-corrected chi connectivity index (χ2v) is 4.63. The molecular formula is C10H16O2. The van der Waals surface area contributed by atoms with E-state index in [4.69, 9.17) is 0 Å². The number of hydrogen-bond donors (Lipinski definition) is 1. The zero-order valence-corrected chi connectivity index (χ0v) is 7.55. The van der Waals surface area contributed by atoms with Gasteiger partial charge in [-0.05, 0) is 38.5 Å². The Bertz CT molecular complexity index is 208. The molecule has 1 unspecified atom stereocenters. The van der Waals surface area contributed by atoms with E-state index in [9.17, 15) is 9.90 Å². The molecule has 2 rings (SSSR count). The van der Waals surface area contributed by atoms with E-state index in [1.165, 1.54) is 0 Å². The van der Waals surface area contributed by atoms with Gasteiger partial charge in [0, 0.05) is 12.3 Å². The van der Waals surface area contributed by atoms with Gasteiger partial charge in [0.15, 0.2) is 0 Å². The molecule has 0 aromatic heterocycles. The van der Waals surface area contributed by atoms with Crippen LogP contribution in [0.3, 0.4) is 0 Å². The average molecular weight is 168 g/mol. The van der Waals surface area contributed by atoms with E-state index < -0.39 is 5.60 Å². The number of Topliss-reactive ketones (excluding diaryl/α,β-unsaturated/α-hetero) is 1. The zero-order valence-electron chi connectivity index (χ0n) is 7.55. The molecule has 12 heavy (non-hydrogen) atoms. The van der Waals surface area contributed by atoms with Crippen LogP contribution in [0, 0.1) is 11.8 Å². The summed E-state index contributed by atoms with van der Waals surface area (Å²) in [6, 6.07) is 0. The molecule has 2 aliphatic rings. The minimum absolute atomic E-state index is 0.189.